The van der Waals surface area contributed by atoms with Gasteiger partial charge in [-0.3, -0.25) is 0 Å². The molecule has 0 bridgehead atoms. The monoisotopic (exact) mass is 399 g/mol. The number of benzene rings is 2. The normalized spacial score (nSPS) is 20.3. The molecule has 0 aliphatic heterocycles. The zero-order valence-corrected chi connectivity index (χ0v) is 15.3. The Morgan fingerprint density at radius 1 is 1.04 bits per heavy atom. The highest BCUT2D eigenvalue weighted by Gasteiger charge is 2.33. The third-order valence-corrected chi connectivity index (χ3v) is 6.05. The Hall–Kier alpha value is -1.90. The van der Waals surface area contributed by atoms with Crippen molar-refractivity contribution in [1.82, 2.24) is 4.72 Å². The molecular formula is C19H20F3NO3S. The molecule has 0 aromatic heterocycles. The van der Waals surface area contributed by atoms with Gasteiger partial charge in [-0.1, -0.05) is 36.4 Å². The first-order chi connectivity index (χ1) is 12.6. The second-order valence-corrected chi connectivity index (χ2v) is 8.75. The molecule has 1 atom stereocenters. The third-order valence-electron chi connectivity index (χ3n) is 4.76. The highest BCUT2D eigenvalue weighted by molar-refractivity contribution is 7.88. The van der Waals surface area contributed by atoms with Crippen LogP contribution in [0.3, 0.4) is 0 Å². The molecule has 146 valence electrons. The molecule has 3 rings (SSSR count). The standard InChI is InChI=1S/C19H20F3NO3S/c20-19(21,22)17-7-5-14(6-8-17)12-27(25,26)23-13-18(24)10-9-15-3-1-2-4-16(15)11-18/h1-8,23-24H,9-13H2. The summed E-state index contributed by atoms with van der Waals surface area (Å²) in [5.74, 6) is -0.447. The van der Waals surface area contributed by atoms with Crippen LogP contribution in [0.25, 0.3) is 0 Å². The summed E-state index contributed by atoms with van der Waals surface area (Å²) in [6, 6.07) is 11.7. The van der Waals surface area contributed by atoms with Gasteiger partial charge in [0.05, 0.1) is 16.9 Å². The molecule has 8 heteroatoms. The van der Waals surface area contributed by atoms with Crippen LogP contribution in [0.5, 0.6) is 0 Å². The number of hydrogen-bond acceptors (Lipinski definition) is 3. The lowest BCUT2D eigenvalue weighted by atomic mass is 9.80. The van der Waals surface area contributed by atoms with E-state index >= 15 is 0 Å². The van der Waals surface area contributed by atoms with Crippen molar-refractivity contribution in [2.45, 2.75) is 36.8 Å². The Morgan fingerprint density at radius 3 is 2.30 bits per heavy atom. The van der Waals surface area contributed by atoms with Gasteiger partial charge in [-0.15, -0.1) is 0 Å². The highest BCUT2D eigenvalue weighted by Crippen LogP contribution is 2.30. The summed E-state index contributed by atoms with van der Waals surface area (Å²) in [5, 5.41) is 10.7. The molecule has 0 saturated heterocycles. The quantitative estimate of drug-likeness (QED) is 0.812. The minimum absolute atomic E-state index is 0.135. The van der Waals surface area contributed by atoms with Crippen molar-refractivity contribution >= 4 is 10.0 Å². The maximum atomic E-state index is 12.6. The first kappa shape index (κ1) is 19.9. The maximum absolute atomic E-state index is 12.6. The molecule has 1 unspecified atom stereocenters. The van der Waals surface area contributed by atoms with E-state index < -0.39 is 33.1 Å². The molecule has 1 aliphatic carbocycles. The summed E-state index contributed by atoms with van der Waals surface area (Å²) in [6.07, 6.45) is -3.01. The predicted octanol–water partition coefficient (Wildman–Crippen LogP) is 3.04. The van der Waals surface area contributed by atoms with Crippen LogP contribution in [-0.4, -0.2) is 25.7 Å². The van der Waals surface area contributed by atoms with E-state index in [1.54, 1.807) is 0 Å². The van der Waals surface area contributed by atoms with Gasteiger partial charge in [0, 0.05) is 13.0 Å². The summed E-state index contributed by atoms with van der Waals surface area (Å²) in [7, 11) is -3.79. The van der Waals surface area contributed by atoms with Crippen molar-refractivity contribution in [1.29, 1.82) is 0 Å². The first-order valence-corrected chi connectivity index (χ1v) is 10.1. The average Bonchev–Trinajstić information content (AvgIpc) is 2.60. The van der Waals surface area contributed by atoms with Gasteiger partial charge < -0.3 is 5.11 Å². The van der Waals surface area contributed by atoms with E-state index in [9.17, 15) is 26.7 Å². The fourth-order valence-corrected chi connectivity index (χ4v) is 4.46. The van der Waals surface area contributed by atoms with E-state index in [0.717, 1.165) is 35.4 Å². The van der Waals surface area contributed by atoms with E-state index in [2.05, 4.69) is 4.72 Å². The minimum Gasteiger partial charge on any atom is -0.388 e. The Kier molecular flexibility index (Phi) is 5.33. The number of hydrogen-bond donors (Lipinski definition) is 2. The second kappa shape index (κ2) is 7.26. The fourth-order valence-electron chi connectivity index (χ4n) is 3.24. The summed E-state index contributed by atoms with van der Waals surface area (Å²) in [4.78, 5) is 0. The van der Waals surface area contributed by atoms with Crippen molar-refractivity contribution in [3.8, 4) is 0 Å². The lowest BCUT2D eigenvalue weighted by Crippen LogP contribution is -2.46. The van der Waals surface area contributed by atoms with Crippen molar-refractivity contribution < 1.29 is 26.7 Å². The van der Waals surface area contributed by atoms with Gasteiger partial charge in [-0.25, -0.2) is 13.1 Å². The average molecular weight is 399 g/mol. The number of alkyl halides is 3. The molecule has 0 heterocycles. The van der Waals surface area contributed by atoms with Crippen molar-refractivity contribution in [3.63, 3.8) is 0 Å². The Bertz CT molecular complexity index is 911. The largest absolute Gasteiger partial charge is 0.416 e. The van der Waals surface area contributed by atoms with Crippen LogP contribution < -0.4 is 4.72 Å². The second-order valence-electron chi connectivity index (χ2n) is 6.94. The molecule has 4 nitrogen and oxygen atoms in total. The number of rotatable bonds is 5. The van der Waals surface area contributed by atoms with Gasteiger partial charge in [-0.05, 0) is 41.7 Å². The number of nitrogens with one attached hydrogen (secondary N) is 1. The van der Waals surface area contributed by atoms with Gasteiger partial charge in [0.2, 0.25) is 10.0 Å². The van der Waals surface area contributed by atoms with Gasteiger partial charge >= 0.3 is 6.18 Å². The van der Waals surface area contributed by atoms with E-state index in [1.165, 1.54) is 0 Å². The summed E-state index contributed by atoms with van der Waals surface area (Å²) >= 11 is 0. The summed E-state index contributed by atoms with van der Waals surface area (Å²) in [5.41, 5.74) is 0.382. The zero-order chi connectivity index (χ0) is 19.7. The molecule has 2 N–H and O–H groups in total. The Labute approximate surface area is 156 Å². The summed E-state index contributed by atoms with van der Waals surface area (Å²) < 4.78 is 64.6. The summed E-state index contributed by atoms with van der Waals surface area (Å²) in [6.45, 7) is -0.135. The van der Waals surface area contributed by atoms with Gasteiger partial charge in [0.15, 0.2) is 0 Å². The van der Waals surface area contributed by atoms with Gasteiger partial charge in [-0.2, -0.15) is 13.2 Å². The van der Waals surface area contributed by atoms with Crippen LogP contribution in [0, 0.1) is 0 Å². The molecular weight excluding hydrogens is 379 g/mol. The van der Waals surface area contributed by atoms with Crippen molar-refractivity contribution in [2.75, 3.05) is 6.54 Å². The number of aliphatic hydroxyl groups is 1. The molecule has 0 amide bonds. The lowest BCUT2D eigenvalue weighted by molar-refractivity contribution is -0.137. The zero-order valence-electron chi connectivity index (χ0n) is 14.5. The molecule has 2 aromatic rings. The van der Waals surface area contributed by atoms with E-state index in [0.29, 0.717) is 19.3 Å². The molecule has 1 aliphatic rings. The smallest absolute Gasteiger partial charge is 0.388 e. The topological polar surface area (TPSA) is 66.4 Å². The molecule has 2 aromatic carbocycles. The molecule has 0 radical (unpaired) electrons. The van der Waals surface area contributed by atoms with Crippen LogP contribution in [0.1, 0.15) is 28.7 Å². The number of aryl methyl sites for hydroxylation is 1. The minimum atomic E-state index is -4.46. The highest BCUT2D eigenvalue weighted by atomic mass is 32.2. The Balaban J connectivity index is 1.62. The molecule has 27 heavy (non-hydrogen) atoms. The first-order valence-electron chi connectivity index (χ1n) is 8.49. The van der Waals surface area contributed by atoms with Crippen LogP contribution >= 0.6 is 0 Å². The van der Waals surface area contributed by atoms with Crippen LogP contribution in [0.2, 0.25) is 0 Å². The van der Waals surface area contributed by atoms with E-state index in [1.807, 2.05) is 24.3 Å². The van der Waals surface area contributed by atoms with Crippen LogP contribution in [-0.2, 0) is 34.8 Å². The number of fused-ring (bicyclic) bond motifs is 1. The van der Waals surface area contributed by atoms with Crippen LogP contribution in [0.15, 0.2) is 48.5 Å². The maximum Gasteiger partial charge on any atom is 0.416 e. The van der Waals surface area contributed by atoms with Gasteiger partial charge in [0.25, 0.3) is 0 Å². The fraction of sp³-hybridized carbons (Fsp3) is 0.368. The molecule has 0 fully saturated rings. The Morgan fingerprint density at radius 2 is 1.67 bits per heavy atom. The SMILES string of the molecule is O=S(=O)(Cc1ccc(C(F)(F)F)cc1)NCC1(O)CCc2ccccc2C1. The van der Waals surface area contributed by atoms with Crippen LogP contribution in [0.4, 0.5) is 13.2 Å². The van der Waals surface area contributed by atoms with Crippen molar-refractivity contribution in [2.24, 2.45) is 0 Å². The van der Waals surface area contributed by atoms with Crippen molar-refractivity contribution in [3.05, 3.63) is 70.8 Å². The van der Waals surface area contributed by atoms with E-state index in [4.69, 9.17) is 0 Å². The van der Waals surface area contributed by atoms with Gasteiger partial charge in [0.1, 0.15) is 0 Å². The molecule has 0 spiro atoms. The number of sulfonamides is 1. The third kappa shape index (κ3) is 5.09. The van der Waals surface area contributed by atoms with E-state index in [-0.39, 0.29) is 12.1 Å². The predicted molar refractivity (Wildman–Crippen MR) is 95.5 cm³/mol. The lowest BCUT2D eigenvalue weighted by Gasteiger charge is -2.33. The molecule has 0 saturated carbocycles. The number of halogens is 3.